The zero-order valence-electron chi connectivity index (χ0n) is 14.4. The number of carbonyl (C=O) groups excluding carboxylic acids is 1. The van der Waals surface area contributed by atoms with Gasteiger partial charge in [-0.3, -0.25) is 10.1 Å². The molecule has 0 atom stereocenters. The quantitative estimate of drug-likeness (QED) is 0.749. The van der Waals surface area contributed by atoms with Gasteiger partial charge in [-0.25, -0.2) is 4.98 Å². The van der Waals surface area contributed by atoms with Crippen LogP contribution in [0.3, 0.4) is 0 Å². The van der Waals surface area contributed by atoms with E-state index in [-0.39, 0.29) is 5.91 Å². The van der Waals surface area contributed by atoms with Gasteiger partial charge in [0.25, 0.3) is 5.91 Å². The number of nitrogens with one attached hydrogen (secondary N) is 1. The summed E-state index contributed by atoms with van der Waals surface area (Å²) >= 11 is 1.43. The van der Waals surface area contributed by atoms with Crippen LogP contribution < -0.4 is 19.5 Å². The summed E-state index contributed by atoms with van der Waals surface area (Å²) in [6.45, 7) is 1.99. The number of para-hydroxylation sites is 1. The molecule has 7 heteroatoms. The van der Waals surface area contributed by atoms with E-state index in [9.17, 15) is 4.79 Å². The molecular weight excluding hydrogens is 340 g/mol. The van der Waals surface area contributed by atoms with Crippen molar-refractivity contribution in [2.24, 2.45) is 0 Å². The van der Waals surface area contributed by atoms with Crippen LogP contribution in [-0.4, -0.2) is 32.2 Å². The number of thiazole rings is 1. The molecule has 0 saturated carbocycles. The highest BCUT2D eigenvalue weighted by atomic mass is 32.1. The highest BCUT2D eigenvalue weighted by Gasteiger charge is 2.21. The number of hydrogen-bond donors (Lipinski definition) is 1. The number of aromatic nitrogens is 1. The molecule has 2 aromatic carbocycles. The molecule has 0 aliphatic rings. The van der Waals surface area contributed by atoms with Crippen molar-refractivity contribution in [3.05, 3.63) is 41.5 Å². The number of fused-ring (bicyclic) bond motifs is 1. The van der Waals surface area contributed by atoms with Crippen molar-refractivity contribution < 1.29 is 19.0 Å². The van der Waals surface area contributed by atoms with Crippen molar-refractivity contribution >= 4 is 32.6 Å². The average Bonchev–Trinajstić information content (AvgIpc) is 3.03. The van der Waals surface area contributed by atoms with Crippen LogP contribution >= 0.6 is 11.3 Å². The van der Waals surface area contributed by atoms with Crippen LogP contribution in [0, 0.1) is 6.92 Å². The molecule has 1 N–H and O–H groups in total. The number of carbonyl (C=O) groups is 1. The third-order valence-electron chi connectivity index (χ3n) is 3.79. The Morgan fingerprint density at radius 2 is 1.80 bits per heavy atom. The first-order valence-corrected chi connectivity index (χ1v) is 8.37. The van der Waals surface area contributed by atoms with E-state index in [4.69, 9.17) is 14.2 Å². The molecule has 0 unspecified atom stereocenters. The first-order valence-electron chi connectivity index (χ1n) is 7.55. The number of rotatable bonds is 5. The minimum absolute atomic E-state index is 0.316. The number of benzene rings is 2. The van der Waals surface area contributed by atoms with Crippen molar-refractivity contribution in [3.8, 4) is 17.2 Å². The van der Waals surface area contributed by atoms with Crippen LogP contribution in [0.2, 0.25) is 0 Å². The normalized spacial score (nSPS) is 10.6. The largest absolute Gasteiger partial charge is 0.493 e. The first-order chi connectivity index (χ1) is 12.1. The summed E-state index contributed by atoms with van der Waals surface area (Å²) < 4.78 is 16.9. The third kappa shape index (κ3) is 3.10. The van der Waals surface area contributed by atoms with E-state index < -0.39 is 0 Å². The molecule has 1 aromatic heterocycles. The number of anilines is 1. The molecule has 0 fully saturated rings. The summed E-state index contributed by atoms with van der Waals surface area (Å²) in [6.07, 6.45) is 0. The van der Waals surface area contributed by atoms with Crippen molar-refractivity contribution in [2.45, 2.75) is 6.92 Å². The summed E-state index contributed by atoms with van der Waals surface area (Å²) in [5.41, 5.74) is 2.30. The molecular formula is C18H18N2O4S. The molecule has 0 bridgehead atoms. The number of ether oxygens (including phenoxy) is 3. The van der Waals surface area contributed by atoms with Crippen LogP contribution in [0.4, 0.5) is 5.13 Å². The Balaban J connectivity index is 1.96. The highest BCUT2D eigenvalue weighted by Crippen LogP contribution is 2.40. The van der Waals surface area contributed by atoms with Crippen molar-refractivity contribution in [2.75, 3.05) is 26.6 Å². The summed E-state index contributed by atoms with van der Waals surface area (Å²) in [4.78, 5) is 17.2. The summed E-state index contributed by atoms with van der Waals surface area (Å²) in [5.74, 6) is 0.857. The average molecular weight is 358 g/mol. The van der Waals surface area contributed by atoms with Crippen LogP contribution in [0.15, 0.2) is 30.3 Å². The van der Waals surface area contributed by atoms with Gasteiger partial charge in [-0.05, 0) is 30.7 Å². The number of methoxy groups -OCH3 is 3. The predicted octanol–water partition coefficient (Wildman–Crippen LogP) is 3.88. The first kappa shape index (κ1) is 17.0. The molecule has 25 heavy (non-hydrogen) atoms. The maximum atomic E-state index is 12.7. The highest BCUT2D eigenvalue weighted by molar-refractivity contribution is 7.22. The molecule has 3 aromatic rings. The fraction of sp³-hybridized carbons (Fsp3) is 0.222. The van der Waals surface area contributed by atoms with Gasteiger partial charge in [-0.1, -0.05) is 23.5 Å². The zero-order valence-corrected chi connectivity index (χ0v) is 15.2. The lowest BCUT2D eigenvalue weighted by molar-refractivity contribution is 0.102. The lowest BCUT2D eigenvalue weighted by atomic mass is 10.1. The minimum atomic E-state index is -0.325. The van der Waals surface area contributed by atoms with Crippen LogP contribution in [-0.2, 0) is 0 Å². The summed E-state index contributed by atoms with van der Waals surface area (Å²) in [6, 6.07) is 9.24. The topological polar surface area (TPSA) is 69.7 Å². The second-order valence-corrected chi connectivity index (χ2v) is 6.31. The van der Waals surface area contributed by atoms with Gasteiger partial charge >= 0.3 is 0 Å². The van der Waals surface area contributed by atoms with Gasteiger partial charge in [0.05, 0.1) is 37.1 Å². The van der Waals surface area contributed by atoms with E-state index >= 15 is 0 Å². The standard InChI is InChI=1S/C18H18N2O4S/c1-10-6-5-7-13-14(10)19-18(25-13)20-17(21)11-8-9-12(22-2)16(24-4)15(11)23-3/h5-9H,1-4H3,(H,19,20,21). The molecule has 3 rings (SSSR count). The Bertz CT molecular complexity index is 936. The summed E-state index contributed by atoms with van der Waals surface area (Å²) in [7, 11) is 4.51. The van der Waals surface area contributed by atoms with Crippen molar-refractivity contribution in [1.29, 1.82) is 0 Å². The maximum Gasteiger partial charge on any atom is 0.261 e. The molecule has 0 spiro atoms. The molecule has 130 valence electrons. The fourth-order valence-corrected chi connectivity index (χ4v) is 3.52. The second kappa shape index (κ2) is 6.98. The Morgan fingerprint density at radius 1 is 1.04 bits per heavy atom. The van der Waals surface area contributed by atoms with Gasteiger partial charge < -0.3 is 14.2 Å². The molecule has 6 nitrogen and oxygen atoms in total. The Labute approximate surface area is 149 Å². The smallest absolute Gasteiger partial charge is 0.261 e. The van der Waals surface area contributed by atoms with Crippen LogP contribution in [0.1, 0.15) is 15.9 Å². The molecule has 1 heterocycles. The van der Waals surface area contributed by atoms with E-state index in [1.807, 2.05) is 25.1 Å². The predicted molar refractivity (Wildman–Crippen MR) is 98.4 cm³/mol. The third-order valence-corrected chi connectivity index (χ3v) is 4.73. The number of amides is 1. The number of nitrogens with zero attached hydrogens (tertiary/aromatic N) is 1. The Kier molecular flexibility index (Phi) is 4.76. The van der Waals surface area contributed by atoms with Gasteiger partial charge in [0.15, 0.2) is 16.6 Å². The van der Waals surface area contributed by atoms with Crippen LogP contribution in [0.25, 0.3) is 10.2 Å². The van der Waals surface area contributed by atoms with Crippen molar-refractivity contribution in [3.63, 3.8) is 0 Å². The van der Waals surface area contributed by atoms with Gasteiger partial charge in [-0.2, -0.15) is 0 Å². The van der Waals surface area contributed by atoms with E-state index in [0.717, 1.165) is 15.8 Å². The second-order valence-electron chi connectivity index (χ2n) is 5.28. The molecule has 0 aliphatic carbocycles. The minimum Gasteiger partial charge on any atom is -0.493 e. The van der Waals surface area contributed by atoms with E-state index in [1.165, 1.54) is 32.7 Å². The van der Waals surface area contributed by atoms with Crippen LogP contribution in [0.5, 0.6) is 17.2 Å². The Morgan fingerprint density at radius 3 is 2.44 bits per heavy atom. The lowest BCUT2D eigenvalue weighted by Gasteiger charge is -2.15. The zero-order chi connectivity index (χ0) is 18.0. The maximum absolute atomic E-state index is 12.7. The van der Waals surface area contributed by atoms with Gasteiger partial charge in [-0.15, -0.1) is 0 Å². The SMILES string of the molecule is COc1ccc(C(=O)Nc2nc3c(C)cccc3s2)c(OC)c1OC. The molecule has 0 radical (unpaired) electrons. The van der Waals surface area contributed by atoms with Gasteiger partial charge in [0.2, 0.25) is 5.75 Å². The Hall–Kier alpha value is -2.80. The van der Waals surface area contributed by atoms with Crippen molar-refractivity contribution in [1.82, 2.24) is 4.98 Å². The lowest BCUT2D eigenvalue weighted by Crippen LogP contribution is -2.13. The van der Waals surface area contributed by atoms with Gasteiger partial charge in [0, 0.05) is 0 Å². The van der Waals surface area contributed by atoms with E-state index in [2.05, 4.69) is 10.3 Å². The monoisotopic (exact) mass is 358 g/mol. The number of hydrogen-bond acceptors (Lipinski definition) is 6. The summed E-state index contributed by atoms with van der Waals surface area (Å²) in [5, 5.41) is 3.36. The molecule has 1 amide bonds. The number of aryl methyl sites for hydroxylation is 1. The van der Waals surface area contributed by atoms with Gasteiger partial charge in [0.1, 0.15) is 0 Å². The fourth-order valence-electron chi connectivity index (χ4n) is 2.58. The van der Waals surface area contributed by atoms with E-state index in [0.29, 0.717) is 27.9 Å². The molecule has 0 aliphatic heterocycles. The molecule has 0 saturated heterocycles. The van der Waals surface area contributed by atoms with E-state index in [1.54, 1.807) is 12.1 Å².